The normalized spacial score (nSPS) is 21.1. The van der Waals surface area contributed by atoms with Crippen LogP contribution in [0.5, 0.6) is 11.5 Å². The van der Waals surface area contributed by atoms with Crippen LogP contribution in [0.1, 0.15) is 81.8 Å². The summed E-state index contributed by atoms with van der Waals surface area (Å²) < 4.78 is 19.6. The summed E-state index contributed by atoms with van der Waals surface area (Å²) in [6, 6.07) is 6.11. The molecule has 3 aromatic rings. The van der Waals surface area contributed by atoms with Crippen LogP contribution in [0.15, 0.2) is 23.0 Å². The van der Waals surface area contributed by atoms with E-state index in [0.29, 0.717) is 42.9 Å². The van der Waals surface area contributed by atoms with Crippen molar-refractivity contribution < 1.29 is 14.2 Å². The van der Waals surface area contributed by atoms with E-state index in [1.165, 1.54) is 19.3 Å². The minimum Gasteiger partial charge on any atom is -0.486 e. The van der Waals surface area contributed by atoms with Crippen LogP contribution in [0.25, 0.3) is 10.9 Å². The minimum atomic E-state index is -0.0942. The molecular weight excluding hydrogens is 472 g/mol. The minimum absolute atomic E-state index is 0.0171. The molecule has 1 aliphatic carbocycles. The van der Waals surface area contributed by atoms with Crippen LogP contribution in [0.3, 0.4) is 0 Å². The van der Waals surface area contributed by atoms with Crippen molar-refractivity contribution in [1.82, 2.24) is 30.1 Å². The molecule has 2 aliphatic heterocycles. The number of aromatic amines is 1. The van der Waals surface area contributed by atoms with Gasteiger partial charge in [0.05, 0.1) is 23.7 Å². The van der Waals surface area contributed by atoms with Crippen molar-refractivity contribution in [3.05, 3.63) is 39.9 Å². The summed E-state index contributed by atoms with van der Waals surface area (Å²) in [5.41, 5.74) is 1.36. The van der Waals surface area contributed by atoms with Gasteiger partial charge in [0, 0.05) is 36.7 Å². The van der Waals surface area contributed by atoms with Crippen LogP contribution in [0.4, 0.5) is 0 Å². The SMILES string of the molecule is CC[C@@H](c1nnnn1C1CCCCC1)N(Cc1cc2cc3c(cc2[nH]c1=O)OCCO3)C[C@H]1CCCO1. The number of tetrazole rings is 1. The fourth-order valence-corrected chi connectivity index (χ4v) is 6.09. The van der Waals surface area contributed by atoms with Gasteiger partial charge in [0.1, 0.15) is 13.2 Å². The number of benzene rings is 1. The molecule has 1 N–H and O–H groups in total. The van der Waals surface area contributed by atoms with Crippen molar-refractivity contribution in [2.75, 3.05) is 26.4 Å². The third-order valence-electron chi connectivity index (χ3n) is 7.98. The Morgan fingerprint density at radius 2 is 1.86 bits per heavy atom. The molecule has 0 radical (unpaired) electrons. The topological polar surface area (TPSA) is 107 Å². The van der Waals surface area contributed by atoms with Crippen LogP contribution < -0.4 is 15.0 Å². The summed E-state index contributed by atoms with van der Waals surface area (Å²) >= 11 is 0. The molecule has 6 rings (SSSR count). The van der Waals surface area contributed by atoms with E-state index in [1.807, 2.05) is 18.2 Å². The van der Waals surface area contributed by atoms with Gasteiger partial charge in [-0.1, -0.05) is 26.2 Å². The quantitative estimate of drug-likeness (QED) is 0.488. The Kier molecular flexibility index (Phi) is 7.10. The summed E-state index contributed by atoms with van der Waals surface area (Å²) in [6.07, 6.45) is 9.01. The molecule has 37 heavy (non-hydrogen) atoms. The molecule has 1 aromatic carbocycles. The Bertz CT molecular complexity index is 1280. The highest BCUT2D eigenvalue weighted by atomic mass is 16.6. The molecule has 2 aromatic heterocycles. The van der Waals surface area contributed by atoms with Gasteiger partial charge in [-0.15, -0.1) is 5.10 Å². The number of fused-ring (bicyclic) bond motifs is 2. The van der Waals surface area contributed by atoms with Crippen molar-refractivity contribution in [3.63, 3.8) is 0 Å². The third kappa shape index (κ3) is 5.09. The van der Waals surface area contributed by atoms with Gasteiger partial charge in [-0.2, -0.15) is 0 Å². The van der Waals surface area contributed by atoms with Crippen molar-refractivity contribution in [3.8, 4) is 11.5 Å². The number of H-pyrrole nitrogens is 1. The number of hydrogen-bond acceptors (Lipinski definition) is 8. The zero-order chi connectivity index (χ0) is 25.2. The van der Waals surface area contributed by atoms with E-state index in [9.17, 15) is 4.79 Å². The average Bonchev–Trinajstić information content (AvgIpc) is 3.62. The lowest BCUT2D eigenvalue weighted by atomic mass is 9.95. The van der Waals surface area contributed by atoms with Gasteiger partial charge in [0.2, 0.25) is 0 Å². The molecule has 1 saturated heterocycles. The molecule has 0 bridgehead atoms. The largest absolute Gasteiger partial charge is 0.486 e. The van der Waals surface area contributed by atoms with Gasteiger partial charge in [-0.05, 0) is 54.7 Å². The summed E-state index contributed by atoms with van der Waals surface area (Å²) in [5, 5.41) is 14.0. The van der Waals surface area contributed by atoms with Gasteiger partial charge in [0.25, 0.3) is 5.56 Å². The lowest BCUT2D eigenvalue weighted by Gasteiger charge is -2.33. The zero-order valence-electron chi connectivity index (χ0n) is 21.5. The summed E-state index contributed by atoms with van der Waals surface area (Å²) in [6.45, 7) is 5.21. The first kappa shape index (κ1) is 24.4. The van der Waals surface area contributed by atoms with Crippen molar-refractivity contribution >= 4 is 10.9 Å². The predicted octanol–water partition coefficient (Wildman–Crippen LogP) is 3.92. The van der Waals surface area contributed by atoms with E-state index in [-0.39, 0.29) is 17.7 Å². The number of ether oxygens (including phenoxy) is 3. The molecule has 0 amide bonds. The maximum Gasteiger partial charge on any atom is 0.252 e. The molecule has 10 heteroatoms. The first-order valence-corrected chi connectivity index (χ1v) is 13.8. The van der Waals surface area contributed by atoms with Gasteiger partial charge in [0.15, 0.2) is 17.3 Å². The highest BCUT2D eigenvalue weighted by molar-refractivity contribution is 5.83. The first-order valence-electron chi connectivity index (χ1n) is 13.8. The fourth-order valence-electron chi connectivity index (χ4n) is 6.09. The zero-order valence-corrected chi connectivity index (χ0v) is 21.5. The second kappa shape index (κ2) is 10.8. The number of rotatable bonds is 8. The van der Waals surface area contributed by atoms with E-state index in [1.54, 1.807) is 0 Å². The number of hydrogen-bond donors (Lipinski definition) is 1. The molecule has 3 aliphatic rings. The lowest BCUT2D eigenvalue weighted by Crippen LogP contribution is -2.38. The van der Waals surface area contributed by atoms with E-state index >= 15 is 0 Å². The Hall–Kier alpha value is -2.98. The number of pyridine rings is 1. The predicted molar refractivity (Wildman–Crippen MR) is 138 cm³/mol. The Balaban J connectivity index is 1.33. The van der Waals surface area contributed by atoms with Crippen LogP contribution in [0, 0.1) is 0 Å². The molecule has 4 heterocycles. The maximum atomic E-state index is 13.3. The lowest BCUT2D eigenvalue weighted by molar-refractivity contribution is 0.0481. The number of aromatic nitrogens is 5. The van der Waals surface area contributed by atoms with Crippen LogP contribution in [0.2, 0.25) is 0 Å². The highest BCUT2D eigenvalue weighted by Crippen LogP contribution is 2.35. The molecule has 198 valence electrons. The first-order chi connectivity index (χ1) is 18.2. The van der Waals surface area contributed by atoms with Gasteiger partial charge in [-0.25, -0.2) is 4.68 Å². The van der Waals surface area contributed by atoms with Gasteiger partial charge >= 0.3 is 0 Å². The molecule has 1 saturated carbocycles. The standard InChI is InChI=1S/C27H36N6O4/c1-2-23(26-29-30-31-33(26)20-7-4-3-5-8-20)32(17-21-9-6-10-35-21)16-19-13-18-14-24-25(37-12-11-36-24)15-22(18)28-27(19)34/h13-15,20-21,23H,2-12,16-17H2,1H3,(H,28,34)/t21-,23+/m1/s1. The number of nitrogens with zero attached hydrogens (tertiary/aromatic N) is 5. The van der Waals surface area contributed by atoms with Crippen molar-refractivity contribution in [1.29, 1.82) is 0 Å². The maximum absolute atomic E-state index is 13.3. The molecule has 2 atom stereocenters. The van der Waals surface area contributed by atoms with Crippen molar-refractivity contribution in [2.24, 2.45) is 0 Å². The van der Waals surface area contributed by atoms with Gasteiger partial charge in [-0.3, -0.25) is 9.69 Å². The molecule has 2 fully saturated rings. The Morgan fingerprint density at radius 1 is 1.05 bits per heavy atom. The highest BCUT2D eigenvalue weighted by Gasteiger charge is 2.31. The summed E-state index contributed by atoms with van der Waals surface area (Å²) in [7, 11) is 0. The molecule has 10 nitrogen and oxygen atoms in total. The van der Waals surface area contributed by atoms with Gasteiger partial charge < -0.3 is 19.2 Å². The van der Waals surface area contributed by atoms with Crippen LogP contribution >= 0.6 is 0 Å². The van der Waals surface area contributed by atoms with E-state index < -0.39 is 0 Å². The van der Waals surface area contributed by atoms with Crippen molar-refractivity contribution in [2.45, 2.75) is 83.0 Å². The van der Waals surface area contributed by atoms with E-state index in [4.69, 9.17) is 14.2 Å². The van der Waals surface area contributed by atoms with E-state index in [2.05, 4.69) is 37.0 Å². The monoisotopic (exact) mass is 508 g/mol. The fraction of sp³-hybridized carbons (Fsp3) is 0.630. The molecule has 0 spiro atoms. The summed E-state index contributed by atoms with van der Waals surface area (Å²) in [5.74, 6) is 2.28. The molecule has 0 unspecified atom stereocenters. The summed E-state index contributed by atoms with van der Waals surface area (Å²) in [4.78, 5) is 18.7. The van der Waals surface area contributed by atoms with Crippen LogP contribution in [-0.4, -0.2) is 62.6 Å². The van der Waals surface area contributed by atoms with E-state index in [0.717, 1.165) is 62.0 Å². The third-order valence-corrected chi connectivity index (χ3v) is 7.98. The second-order valence-electron chi connectivity index (χ2n) is 10.5. The second-order valence-corrected chi connectivity index (χ2v) is 10.5. The Morgan fingerprint density at radius 3 is 2.62 bits per heavy atom. The Labute approximate surface area is 216 Å². The smallest absolute Gasteiger partial charge is 0.252 e. The van der Waals surface area contributed by atoms with Crippen LogP contribution in [-0.2, 0) is 11.3 Å². The average molecular weight is 509 g/mol. The number of nitrogens with one attached hydrogen (secondary N) is 1. The molecular formula is C27H36N6O4.